The molecule has 1 atom stereocenters. The number of aromatic carboxylic acids is 1. The van der Waals surface area contributed by atoms with Crippen LogP contribution in [0.4, 0.5) is 5.69 Å². The molecule has 3 aliphatic rings. The van der Waals surface area contributed by atoms with Gasteiger partial charge in [-0.05, 0) is 109 Å². The van der Waals surface area contributed by atoms with Gasteiger partial charge in [0.05, 0.1) is 25.0 Å². The lowest BCUT2D eigenvalue weighted by Gasteiger charge is -2.33. The molecule has 232 valence electrons. The highest BCUT2D eigenvalue weighted by atomic mass is 16.5. The van der Waals surface area contributed by atoms with Gasteiger partial charge in [-0.2, -0.15) is 5.10 Å². The molecule has 0 radical (unpaired) electrons. The van der Waals surface area contributed by atoms with Crippen molar-refractivity contribution in [3.8, 4) is 22.7 Å². The van der Waals surface area contributed by atoms with E-state index in [1.165, 1.54) is 40.2 Å². The number of methoxy groups -OCH3 is 1. The molecule has 2 heterocycles. The second kappa shape index (κ2) is 12.1. The fourth-order valence-electron chi connectivity index (χ4n) is 7.35. The van der Waals surface area contributed by atoms with Crippen molar-refractivity contribution in [1.82, 2.24) is 14.7 Å². The van der Waals surface area contributed by atoms with Crippen LogP contribution in [0.25, 0.3) is 16.8 Å². The molecule has 1 unspecified atom stereocenters. The second-order valence-electron chi connectivity index (χ2n) is 12.6. The van der Waals surface area contributed by atoms with E-state index in [2.05, 4.69) is 64.7 Å². The average Bonchev–Trinajstić information content (AvgIpc) is 3.70. The highest BCUT2D eigenvalue weighted by Crippen LogP contribution is 2.42. The van der Waals surface area contributed by atoms with Crippen molar-refractivity contribution in [3.63, 3.8) is 0 Å². The zero-order chi connectivity index (χ0) is 31.1. The van der Waals surface area contributed by atoms with Crippen LogP contribution >= 0.6 is 0 Å². The maximum atomic E-state index is 12.6. The van der Waals surface area contributed by atoms with E-state index >= 15 is 0 Å². The summed E-state index contributed by atoms with van der Waals surface area (Å²) in [6, 6.07) is 21.6. The fourth-order valence-corrected chi connectivity index (χ4v) is 7.35. The molecule has 2 fully saturated rings. The average molecular weight is 605 g/mol. The number of carbonyl (C=O) groups is 2. The molecule has 2 N–H and O–H groups in total. The van der Waals surface area contributed by atoms with Gasteiger partial charge in [0.25, 0.3) is 0 Å². The molecule has 0 bridgehead atoms. The SMILES string of the molecule is CCc1cc(NC2CCc3cccc(-c4cccc(-n5ncc(C(=O)O)c5OC)c4)c32)ccc1C1CCN(C(=O)C2CC2)CC1. The summed E-state index contributed by atoms with van der Waals surface area (Å²) in [6.45, 7) is 3.98. The number of aromatic nitrogens is 2. The number of amides is 1. The standard InChI is InChI=1S/C37H40N4O4/c1-3-23-20-28(13-14-30(23)24-16-18-40(19-17-24)35(42)26-10-11-26)39-33-15-12-25-6-5-9-31(34(25)33)27-7-4-8-29(21-27)41-36(45-2)32(22-38-41)37(43)44/h4-9,13-14,20-22,24,26,33,39H,3,10-12,15-19H2,1-2H3,(H,43,44). The van der Waals surface area contributed by atoms with Crippen molar-refractivity contribution in [2.75, 3.05) is 25.5 Å². The van der Waals surface area contributed by atoms with Crippen molar-refractivity contribution in [3.05, 3.63) is 94.7 Å². The minimum atomic E-state index is -1.07. The second-order valence-corrected chi connectivity index (χ2v) is 12.6. The predicted octanol–water partition coefficient (Wildman–Crippen LogP) is 7.02. The number of ether oxygens (including phenoxy) is 1. The molecule has 0 spiro atoms. The Kier molecular flexibility index (Phi) is 7.81. The summed E-state index contributed by atoms with van der Waals surface area (Å²) in [5.74, 6) is 0.303. The number of fused-ring (bicyclic) bond motifs is 1. The van der Waals surface area contributed by atoms with Gasteiger partial charge in [0.2, 0.25) is 11.8 Å². The summed E-state index contributed by atoms with van der Waals surface area (Å²) >= 11 is 0. The summed E-state index contributed by atoms with van der Waals surface area (Å²) in [7, 11) is 1.46. The number of nitrogens with zero attached hydrogens (tertiary/aromatic N) is 3. The lowest BCUT2D eigenvalue weighted by atomic mass is 9.85. The fraction of sp³-hybridized carbons (Fsp3) is 0.378. The van der Waals surface area contributed by atoms with Crippen molar-refractivity contribution in [2.24, 2.45) is 5.92 Å². The van der Waals surface area contributed by atoms with E-state index in [1.807, 2.05) is 18.2 Å². The van der Waals surface area contributed by atoms with E-state index in [9.17, 15) is 14.7 Å². The lowest BCUT2D eigenvalue weighted by Crippen LogP contribution is -2.38. The molecule has 4 aromatic rings. The molecule has 1 saturated heterocycles. The summed E-state index contributed by atoms with van der Waals surface area (Å²) < 4.78 is 6.96. The van der Waals surface area contributed by atoms with Crippen LogP contribution in [0.1, 0.15) is 83.6 Å². The summed E-state index contributed by atoms with van der Waals surface area (Å²) in [5.41, 5.74) is 9.59. The number of carboxylic acid groups (broad SMARTS) is 1. The van der Waals surface area contributed by atoms with Gasteiger partial charge in [-0.15, -0.1) is 0 Å². The number of rotatable bonds is 9. The Morgan fingerprint density at radius 2 is 1.80 bits per heavy atom. The number of anilines is 1. The number of aryl methyl sites for hydroxylation is 2. The molecular formula is C37H40N4O4. The molecule has 1 saturated carbocycles. The van der Waals surface area contributed by atoms with E-state index in [0.717, 1.165) is 80.5 Å². The van der Waals surface area contributed by atoms with E-state index < -0.39 is 5.97 Å². The Morgan fingerprint density at radius 3 is 2.53 bits per heavy atom. The van der Waals surface area contributed by atoms with Crippen molar-refractivity contribution < 1.29 is 19.4 Å². The van der Waals surface area contributed by atoms with Gasteiger partial charge in [0.15, 0.2) is 0 Å². The monoisotopic (exact) mass is 604 g/mol. The molecule has 2 aliphatic carbocycles. The first-order valence-electron chi connectivity index (χ1n) is 16.2. The zero-order valence-corrected chi connectivity index (χ0v) is 26.0. The third kappa shape index (κ3) is 5.58. The highest BCUT2D eigenvalue weighted by molar-refractivity contribution is 5.90. The predicted molar refractivity (Wildman–Crippen MR) is 174 cm³/mol. The first-order chi connectivity index (χ1) is 21.9. The number of nitrogens with one attached hydrogen (secondary N) is 1. The van der Waals surface area contributed by atoms with E-state index in [0.29, 0.717) is 17.7 Å². The van der Waals surface area contributed by atoms with Crippen LogP contribution in [0.3, 0.4) is 0 Å². The van der Waals surface area contributed by atoms with Gasteiger partial charge in [0.1, 0.15) is 5.56 Å². The largest absolute Gasteiger partial charge is 0.480 e. The maximum absolute atomic E-state index is 12.6. The van der Waals surface area contributed by atoms with Crippen LogP contribution in [-0.4, -0.2) is 51.9 Å². The third-order valence-corrected chi connectivity index (χ3v) is 9.84. The number of piperidine rings is 1. The Morgan fingerprint density at radius 1 is 1.00 bits per heavy atom. The summed E-state index contributed by atoms with van der Waals surface area (Å²) in [4.78, 5) is 26.3. The van der Waals surface area contributed by atoms with Gasteiger partial charge >= 0.3 is 5.97 Å². The number of hydrogen-bond donors (Lipinski definition) is 2. The highest BCUT2D eigenvalue weighted by Gasteiger charge is 2.35. The van der Waals surface area contributed by atoms with Gasteiger partial charge in [-0.25, -0.2) is 9.48 Å². The van der Waals surface area contributed by atoms with Crippen molar-refractivity contribution >= 4 is 17.6 Å². The van der Waals surface area contributed by atoms with Crippen molar-refractivity contribution in [1.29, 1.82) is 0 Å². The summed E-state index contributed by atoms with van der Waals surface area (Å²) in [6.07, 6.45) is 8.54. The molecule has 7 rings (SSSR count). The number of carbonyl (C=O) groups excluding carboxylic acids is 1. The zero-order valence-electron chi connectivity index (χ0n) is 26.0. The minimum Gasteiger partial charge on any atom is -0.480 e. The Labute approximate surface area is 264 Å². The molecule has 8 heteroatoms. The molecule has 1 amide bonds. The summed E-state index contributed by atoms with van der Waals surface area (Å²) in [5, 5.41) is 17.7. The minimum absolute atomic E-state index is 0.0272. The first kappa shape index (κ1) is 29.1. The molecule has 1 aliphatic heterocycles. The number of hydrogen-bond acceptors (Lipinski definition) is 5. The lowest BCUT2D eigenvalue weighted by molar-refractivity contribution is -0.133. The topological polar surface area (TPSA) is 96.7 Å². The van der Waals surface area contributed by atoms with Gasteiger partial charge in [0, 0.05) is 24.7 Å². The smallest absolute Gasteiger partial charge is 0.342 e. The molecule has 45 heavy (non-hydrogen) atoms. The Hall–Kier alpha value is -4.59. The Balaban J connectivity index is 1.12. The van der Waals surface area contributed by atoms with Crippen LogP contribution in [-0.2, 0) is 17.6 Å². The van der Waals surface area contributed by atoms with Gasteiger partial charge < -0.3 is 20.1 Å². The number of benzene rings is 3. The molecule has 3 aromatic carbocycles. The van der Waals surface area contributed by atoms with Crippen LogP contribution < -0.4 is 10.1 Å². The molecule has 1 aromatic heterocycles. The third-order valence-electron chi connectivity index (χ3n) is 9.84. The quantitative estimate of drug-likeness (QED) is 0.213. The normalized spacial score (nSPS) is 18.1. The molecular weight excluding hydrogens is 564 g/mol. The van der Waals surface area contributed by atoms with E-state index in [4.69, 9.17) is 4.74 Å². The van der Waals surface area contributed by atoms with Crippen LogP contribution in [0.2, 0.25) is 0 Å². The van der Waals surface area contributed by atoms with Crippen molar-refractivity contribution in [2.45, 2.75) is 63.8 Å². The van der Waals surface area contributed by atoms with Crippen LogP contribution in [0, 0.1) is 5.92 Å². The maximum Gasteiger partial charge on any atom is 0.342 e. The van der Waals surface area contributed by atoms with Crippen LogP contribution in [0.15, 0.2) is 66.9 Å². The van der Waals surface area contributed by atoms with E-state index in [1.54, 1.807) is 0 Å². The Bertz CT molecular complexity index is 1750. The van der Waals surface area contributed by atoms with Crippen LogP contribution in [0.5, 0.6) is 5.88 Å². The molecule has 8 nitrogen and oxygen atoms in total. The number of likely N-dealkylation sites (tertiary alicyclic amines) is 1. The van der Waals surface area contributed by atoms with Gasteiger partial charge in [-0.3, -0.25) is 4.79 Å². The number of carboxylic acids is 1. The van der Waals surface area contributed by atoms with E-state index in [-0.39, 0.29) is 17.5 Å². The van der Waals surface area contributed by atoms with Gasteiger partial charge in [-0.1, -0.05) is 43.3 Å². The first-order valence-corrected chi connectivity index (χ1v) is 16.2.